The van der Waals surface area contributed by atoms with E-state index in [2.05, 4.69) is 10.6 Å². The molecule has 0 fully saturated rings. The molecular weight excluding hydrogens is 425 g/mol. The summed E-state index contributed by atoms with van der Waals surface area (Å²) >= 11 is 11.9. The van der Waals surface area contributed by atoms with Gasteiger partial charge in [0.1, 0.15) is 6.04 Å². The fourth-order valence-corrected chi connectivity index (χ4v) is 3.12. The van der Waals surface area contributed by atoms with Gasteiger partial charge in [-0.1, -0.05) is 43.1 Å². The van der Waals surface area contributed by atoms with Gasteiger partial charge in [-0.2, -0.15) is 0 Å². The van der Waals surface area contributed by atoms with Gasteiger partial charge in [-0.3, -0.25) is 19.6 Å². The number of aliphatic hydroxyl groups is 2. The zero-order valence-electron chi connectivity index (χ0n) is 16.2. The quantitative estimate of drug-likeness (QED) is 0.237. The first-order valence-electron chi connectivity index (χ1n) is 8.77. The van der Waals surface area contributed by atoms with Gasteiger partial charge >= 0.3 is 0 Å². The van der Waals surface area contributed by atoms with E-state index in [1.54, 1.807) is 19.9 Å². The number of hydrogen-bond donors (Lipinski definition) is 6. The van der Waals surface area contributed by atoms with Crippen LogP contribution in [-0.4, -0.2) is 57.9 Å². The van der Waals surface area contributed by atoms with Crippen LogP contribution in [0.1, 0.15) is 25.8 Å². The van der Waals surface area contributed by atoms with Gasteiger partial charge < -0.3 is 20.8 Å². The average molecular weight is 450 g/mol. The molecule has 0 saturated carbocycles. The number of amides is 3. The van der Waals surface area contributed by atoms with E-state index in [9.17, 15) is 24.6 Å². The van der Waals surface area contributed by atoms with Crippen LogP contribution in [-0.2, 0) is 20.8 Å². The summed E-state index contributed by atoms with van der Waals surface area (Å²) in [6, 6.07) is 3.53. The van der Waals surface area contributed by atoms with Crippen LogP contribution in [0.25, 0.3) is 0 Å². The van der Waals surface area contributed by atoms with E-state index in [0.29, 0.717) is 10.6 Å². The molecular formula is C18H25Cl2N3O6. The smallest absolute Gasteiger partial charge is 0.275 e. The Kier molecular flexibility index (Phi) is 9.31. The van der Waals surface area contributed by atoms with Gasteiger partial charge in [0, 0.05) is 13.5 Å². The van der Waals surface area contributed by atoms with Crippen LogP contribution in [0.3, 0.4) is 0 Å². The molecule has 0 aliphatic carbocycles. The second-order valence-electron chi connectivity index (χ2n) is 6.99. The van der Waals surface area contributed by atoms with E-state index in [1.165, 1.54) is 24.7 Å². The van der Waals surface area contributed by atoms with Gasteiger partial charge in [0.05, 0.1) is 10.0 Å². The average Bonchev–Trinajstić information content (AvgIpc) is 2.67. The Morgan fingerprint density at radius 1 is 1.14 bits per heavy atom. The predicted octanol–water partition coefficient (Wildman–Crippen LogP) is 0.410. The molecule has 1 rings (SSSR count). The highest BCUT2D eigenvalue weighted by Crippen LogP contribution is 2.24. The first kappa shape index (κ1) is 25.1. The van der Waals surface area contributed by atoms with Crippen LogP contribution >= 0.6 is 23.2 Å². The van der Waals surface area contributed by atoms with Crippen LogP contribution in [0.4, 0.5) is 0 Å². The van der Waals surface area contributed by atoms with E-state index in [4.69, 9.17) is 28.4 Å². The van der Waals surface area contributed by atoms with Crippen molar-refractivity contribution in [3.05, 3.63) is 33.8 Å². The molecule has 1 aromatic rings. The standard InChI is InChI=1S/C18H25Cl2N3O6/c1-9(2)8-18(28,14(24)16(26)23-29)17(27)22-13(15(25)21-3)7-10-4-5-11(19)12(20)6-10/h4-6,9,13-14,24,28-29H,7-8H2,1-3H3,(H,21,25)(H,22,27)(H,23,26)/t13-,14+,18-/m0/s1. The lowest BCUT2D eigenvalue weighted by atomic mass is 9.85. The minimum Gasteiger partial charge on any atom is -0.380 e. The minimum atomic E-state index is -2.58. The van der Waals surface area contributed by atoms with Gasteiger partial charge in [-0.05, 0) is 30.0 Å². The number of benzene rings is 1. The van der Waals surface area contributed by atoms with Crippen LogP contribution < -0.4 is 16.1 Å². The number of carbonyl (C=O) groups excluding carboxylic acids is 3. The number of halogens is 2. The summed E-state index contributed by atoms with van der Waals surface area (Å²) in [6.07, 6.45) is -2.56. The maximum Gasteiger partial charge on any atom is 0.275 e. The number of rotatable bonds is 9. The second-order valence-corrected chi connectivity index (χ2v) is 7.81. The molecule has 3 atom stereocenters. The first-order valence-corrected chi connectivity index (χ1v) is 9.52. The molecule has 0 aliphatic heterocycles. The lowest BCUT2D eigenvalue weighted by Gasteiger charge is -2.33. The van der Waals surface area contributed by atoms with Crippen molar-refractivity contribution in [2.75, 3.05) is 7.05 Å². The molecule has 6 N–H and O–H groups in total. The molecule has 0 bridgehead atoms. The Morgan fingerprint density at radius 2 is 1.76 bits per heavy atom. The lowest BCUT2D eigenvalue weighted by Crippen LogP contribution is -2.63. The van der Waals surface area contributed by atoms with Crippen LogP contribution in [0, 0.1) is 5.92 Å². The second kappa shape index (κ2) is 10.7. The number of likely N-dealkylation sites (N-methyl/N-ethyl adjacent to an activating group) is 1. The highest BCUT2D eigenvalue weighted by molar-refractivity contribution is 6.42. The summed E-state index contributed by atoms with van der Waals surface area (Å²) < 4.78 is 0. The molecule has 0 radical (unpaired) electrons. The minimum absolute atomic E-state index is 0.00233. The number of hydrogen-bond acceptors (Lipinski definition) is 6. The van der Waals surface area contributed by atoms with Gasteiger partial charge in [0.2, 0.25) is 5.91 Å². The maximum absolute atomic E-state index is 12.8. The van der Waals surface area contributed by atoms with E-state index in [-0.39, 0.29) is 23.8 Å². The van der Waals surface area contributed by atoms with E-state index < -0.39 is 35.5 Å². The predicted molar refractivity (Wildman–Crippen MR) is 107 cm³/mol. The maximum atomic E-state index is 12.8. The zero-order chi connectivity index (χ0) is 22.4. The summed E-state index contributed by atoms with van der Waals surface area (Å²) in [5, 5.41) is 35.0. The summed E-state index contributed by atoms with van der Waals surface area (Å²) in [6.45, 7) is 3.32. The molecule has 0 spiro atoms. The number of hydroxylamine groups is 1. The fourth-order valence-electron chi connectivity index (χ4n) is 2.80. The molecule has 0 saturated heterocycles. The summed E-state index contributed by atoms with van der Waals surface area (Å²) in [5.41, 5.74) is -0.799. The van der Waals surface area contributed by atoms with Gasteiger partial charge in [0.25, 0.3) is 11.8 Å². The third-order valence-electron chi connectivity index (χ3n) is 4.22. The highest BCUT2D eigenvalue weighted by Gasteiger charge is 2.48. The Balaban J connectivity index is 3.16. The first-order chi connectivity index (χ1) is 13.5. The van der Waals surface area contributed by atoms with Crippen molar-refractivity contribution < 1.29 is 29.8 Å². The number of nitrogens with one attached hydrogen (secondary N) is 3. The Labute approximate surface area is 178 Å². The molecule has 3 amide bonds. The van der Waals surface area contributed by atoms with Gasteiger partial charge in [-0.15, -0.1) is 0 Å². The highest BCUT2D eigenvalue weighted by atomic mass is 35.5. The molecule has 0 unspecified atom stereocenters. The van der Waals surface area contributed by atoms with Crippen molar-refractivity contribution in [2.24, 2.45) is 5.92 Å². The molecule has 1 aromatic carbocycles. The summed E-state index contributed by atoms with van der Waals surface area (Å²) in [5.74, 6) is -3.38. The molecule has 0 aromatic heterocycles. The largest absolute Gasteiger partial charge is 0.380 e. The van der Waals surface area contributed by atoms with Crippen molar-refractivity contribution in [1.82, 2.24) is 16.1 Å². The third-order valence-corrected chi connectivity index (χ3v) is 4.95. The molecule has 29 heavy (non-hydrogen) atoms. The molecule has 0 aliphatic rings. The molecule has 0 heterocycles. The Bertz CT molecular complexity index is 761. The van der Waals surface area contributed by atoms with Crippen molar-refractivity contribution in [1.29, 1.82) is 0 Å². The zero-order valence-corrected chi connectivity index (χ0v) is 17.7. The van der Waals surface area contributed by atoms with Gasteiger partial charge in [-0.25, -0.2) is 5.48 Å². The van der Waals surface area contributed by atoms with Crippen molar-refractivity contribution in [2.45, 2.75) is 44.4 Å². The van der Waals surface area contributed by atoms with E-state index >= 15 is 0 Å². The van der Waals surface area contributed by atoms with Crippen LogP contribution in [0.2, 0.25) is 10.0 Å². The van der Waals surface area contributed by atoms with Crippen LogP contribution in [0.5, 0.6) is 0 Å². The summed E-state index contributed by atoms with van der Waals surface area (Å²) in [4.78, 5) is 36.7. The SMILES string of the molecule is CNC(=O)[C@H](Cc1ccc(Cl)c(Cl)c1)NC(=O)[C@](O)(CC(C)C)[C@H](O)C(=O)NO. The molecule has 9 nitrogen and oxygen atoms in total. The van der Waals surface area contributed by atoms with E-state index in [0.717, 1.165) is 0 Å². The molecule has 11 heteroatoms. The Morgan fingerprint density at radius 3 is 2.24 bits per heavy atom. The monoisotopic (exact) mass is 449 g/mol. The Hall–Kier alpha value is -1.91. The number of aliphatic hydroxyl groups excluding tert-OH is 1. The third kappa shape index (κ3) is 6.55. The van der Waals surface area contributed by atoms with E-state index in [1.807, 2.05) is 0 Å². The summed E-state index contributed by atoms with van der Waals surface area (Å²) in [7, 11) is 1.37. The van der Waals surface area contributed by atoms with Crippen molar-refractivity contribution in [3.8, 4) is 0 Å². The topological polar surface area (TPSA) is 148 Å². The van der Waals surface area contributed by atoms with Crippen LogP contribution in [0.15, 0.2) is 18.2 Å². The lowest BCUT2D eigenvalue weighted by molar-refractivity contribution is -0.169. The van der Waals surface area contributed by atoms with Crippen molar-refractivity contribution in [3.63, 3.8) is 0 Å². The normalized spacial score (nSPS) is 15.2. The van der Waals surface area contributed by atoms with Gasteiger partial charge in [0.15, 0.2) is 11.7 Å². The number of carbonyl (C=O) groups is 3. The van der Waals surface area contributed by atoms with Crippen molar-refractivity contribution >= 4 is 40.9 Å². The fraction of sp³-hybridized carbons (Fsp3) is 0.500. The molecule has 162 valence electrons.